The predicted octanol–water partition coefficient (Wildman–Crippen LogP) is 1.73. The van der Waals surface area contributed by atoms with Gasteiger partial charge >= 0.3 is 0 Å². The lowest BCUT2D eigenvalue weighted by atomic mass is 10.2. The number of carbonyl (C=O) groups is 2. The van der Waals surface area contributed by atoms with E-state index < -0.39 is 15.9 Å². The molecule has 0 bridgehead atoms. The maximum Gasteiger partial charge on any atom is 0.255 e. The average molecular weight is 374 g/mol. The molecular weight excluding hydrogens is 360 g/mol. The van der Waals surface area contributed by atoms with E-state index in [0.717, 1.165) is 4.31 Å². The summed E-state index contributed by atoms with van der Waals surface area (Å²) in [4.78, 5) is 24.1. The lowest BCUT2D eigenvalue weighted by Gasteiger charge is -2.15. The molecule has 4 rings (SSSR count). The van der Waals surface area contributed by atoms with E-state index in [1.165, 1.54) is 24.3 Å². The Labute approximate surface area is 149 Å². The Hall–Kier alpha value is -3.07. The highest BCUT2D eigenvalue weighted by atomic mass is 32.2. The molecule has 26 heavy (non-hydrogen) atoms. The quantitative estimate of drug-likeness (QED) is 0.878. The van der Waals surface area contributed by atoms with Crippen LogP contribution < -0.4 is 19.1 Å². The lowest BCUT2D eigenvalue weighted by Crippen LogP contribution is -2.29. The van der Waals surface area contributed by atoms with Crippen molar-refractivity contribution < 1.29 is 27.5 Å². The Bertz CT molecular complexity index is 1000. The van der Waals surface area contributed by atoms with Gasteiger partial charge in [-0.3, -0.25) is 9.59 Å². The second-order valence-electron chi connectivity index (χ2n) is 5.79. The third-order valence-corrected chi connectivity index (χ3v) is 5.76. The molecule has 2 aromatic carbocycles. The topological polar surface area (TPSA) is 102 Å². The highest BCUT2D eigenvalue weighted by Crippen LogP contribution is 2.34. The van der Waals surface area contributed by atoms with Gasteiger partial charge in [-0.05, 0) is 36.4 Å². The molecule has 2 heterocycles. The van der Waals surface area contributed by atoms with Crippen LogP contribution in [0.2, 0.25) is 0 Å². The second-order valence-corrected chi connectivity index (χ2v) is 7.73. The first-order chi connectivity index (χ1) is 12.4. The van der Waals surface area contributed by atoms with Crippen molar-refractivity contribution in [2.24, 2.45) is 0 Å². The van der Waals surface area contributed by atoms with Crippen molar-refractivity contribution in [1.29, 1.82) is 0 Å². The Balaban J connectivity index is 1.52. The molecule has 8 nitrogen and oxygen atoms in total. The molecule has 0 aliphatic carbocycles. The molecule has 2 aromatic rings. The summed E-state index contributed by atoms with van der Waals surface area (Å²) >= 11 is 0. The minimum absolute atomic E-state index is 0.0331. The Morgan fingerprint density at radius 3 is 2.46 bits per heavy atom. The minimum Gasteiger partial charge on any atom is -0.454 e. The summed E-state index contributed by atoms with van der Waals surface area (Å²) in [6.07, 6.45) is -0.0331. The van der Waals surface area contributed by atoms with Gasteiger partial charge in [0.2, 0.25) is 22.7 Å². The first-order valence-corrected chi connectivity index (χ1v) is 9.42. The molecule has 1 N–H and O–H groups in total. The summed E-state index contributed by atoms with van der Waals surface area (Å²) in [5, 5.41) is 2.73. The van der Waals surface area contributed by atoms with Gasteiger partial charge in [-0.2, -0.15) is 0 Å². The maximum atomic E-state index is 12.4. The second kappa shape index (κ2) is 6.03. The summed E-state index contributed by atoms with van der Waals surface area (Å²) in [6, 6.07) is 10.9. The molecule has 0 aromatic heterocycles. The molecule has 0 unspecified atom stereocenters. The number of benzene rings is 2. The van der Waals surface area contributed by atoms with Gasteiger partial charge in [-0.1, -0.05) is 0 Å². The molecule has 2 aliphatic heterocycles. The van der Waals surface area contributed by atoms with Gasteiger partial charge < -0.3 is 14.8 Å². The highest BCUT2D eigenvalue weighted by Gasteiger charge is 2.36. The van der Waals surface area contributed by atoms with Crippen LogP contribution in [-0.4, -0.2) is 32.8 Å². The zero-order valence-corrected chi connectivity index (χ0v) is 14.3. The summed E-state index contributed by atoms with van der Waals surface area (Å²) < 4.78 is 35.1. The number of nitrogens with zero attached hydrogens (tertiary/aromatic N) is 1. The molecule has 0 saturated carbocycles. The molecule has 2 amide bonds. The van der Waals surface area contributed by atoms with Gasteiger partial charge in [0, 0.05) is 23.7 Å². The van der Waals surface area contributed by atoms with Crippen molar-refractivity contribution in [3.8, 4) is 11.5 Å². The molecule has 9 heteroatoms. The average Bonchev–Trinajstić information content (AvgIpc) is 3.18. The number of rotatable bonds is 3. The molecule has 2 aliphatic rings. The third kappa shape index (κ3) is 2.86. The van der Waals surface area contributed by atoms with Gasteiger partial charge in [0.15, 0.2) is 11.5 Å². The van der Waals surface area contributed by atoms with E-state index in [1.54, 1.807) is 18.2 Å². The molecular formula is C17H14N2O6S. The fourth-order valence-corrected chi connectivity index (χ4v) is 4.25. The van der Waals surface area contributed by atoms with Crippen LogP contribution in [0.4, 0.5) is 11.4 Å². The van der Waals surface area contributed by atoms with E-state index in [1.807, 2.05) is 0 Å². The molecule has 0 atom stereocenters. The molecule has 0 radical (unpaired) electrons. The SMILES string of the molecule is O=C(Nc1ccc2c(c1)OCO2)c1ccc(N2C(=O)CCS2(=O)=O)cc1. The van der Waals surface area contributed by atoms with Gasteiger partial charge in [-0.15, -0.1) is 0 Å². The van der Waals surface area contributed by atoms with Crippen LogP contribution in [0.1, 0.15) is 16.8 Å². The van der Waals surface area contributed by atoms with E-state index in [0.29, 0.717) is 22.7 Å². The van der Waals surface area contributed by atoms with Crippen LogP contribution >= 0.6 is 0 Å². The first kappa shape index (κ1) is 16.4. The summed E-state index contributed by atoms with van der Waals surface area (Å²) in [5.41, 5.74) is 1.10. The van der Waals surface area contributed by atoms with E-state index in [4.69, 9.17) is 9.47 Å². The molecule has 1 fully saturated rings. The zero-order chi connectivity index (χ0) is 18.3. The normalized spacial score (nSPS) is 17.4. The van der Waals surface area contributed by atoms with E-state index in [2.05, 4.69) is 5.32 Å². The Morgan fingerprint density at radius 1 is 1.04 bits per heavy atom. The number of nitrogens with one attached hydrogen (secondary N) is 1. The molecule has 1 saturated heterocycles. The number of amides is 2. The van der Waals surface area contributed by atoms with Crippen LogP contribution in [0.15, 0.2) is 42.5 Å². The largest absolute Gasteiger partial charge is 0.454 e. The first-order valence-electron chi connectivity index (χ1n) is 7.81. The van der Waals surface area contributed by atoms with E-state index in [9.17, 15) is 18.0 Å². The lowest BCUT2D eigenvalue weighted by molar-refractivity contribution is -0.116. The number of ether oxygens (including phenoxy) is 2. The van der Waals surface area contributed by atoms with Gasteiger partial charge in [0.1, 0.15) is 0 Å². The van der Waals surface area contributed by atoms with Crippen molar-refractivity contribution in [2.45, 2.75) is 6.42 Å². The van der Waals surface area contributed by atoms with Gasteiger partial charge in [0.05, 0.1) is 11.4 Å². The van der Waals surface area contributed by atoms with Crippen LogP contribution in [0.3, 0.4) is 0 Å². The number of anilines is 2. The van der Waals surface area contributed by atoms with Crippen LogP contribution in [0, 0.1) is 0 Å². The fourth-order valence-electron chi connectivity index (χ4n) is 2.79. The number of sulfonamides is 1. The number of hydrogen-bond donors (Lipinski definition) is 1. The summed E-state index contributed by atoms with van der Waals surface area (Å²) in [5.74, 6) is 0.131. The molecule has 134 valence electrons. The monoisotopic (exact) mass is 374 g/mol. The van der Waals surface area contributed by atoms with E-state index in [-0.39, 0.29) is 30.6 Å². The van der Waals surface area contributed by atoms with Crippen molar-refractivity contribution in [3.63, 3.8) is 0 Å². The smallest absolute Gasteiger partial charge is 0.255 e. The molecule has 0 spiro atoms. The van der Waals surface area contributed by atoms with E-state index >= 15 is 0 Å². The Kier molecular flexibility index (Phi) is 3.80. The number of fused-ring (bicyclic) bond motifs is 1. The fraction of sp³-hybridized carbons (Fsp3) is 0.176. The van der Waals surface area contributed by atoms with Crippen LogP contribution in [-0.2, 0) is 14.8 Å². The number of hydrogen-bond acceptors (Lipinski definition) is 6. The minimum atomic E-state index is -3.62. The van der Waals surface area contributed by atoms with Crippen molar-refractivity contribution in [3.05, 3.63) is 48.0 Å². The van der Waals surface area contributed by atoms with Crippen molar-refractivity contribution >= 4 is 33.2 Å². The Morgan fingerprint density at radius 2 is 1.77 bits per heavy atom. The van der Waals surface area contributed by atoms with Crippen molar-refractivity contribution in [1.82, 2.24) is 0 Å². The van der Waals surface area contributed by atoms with Crippen LogP contribution in [0.25, 0.3) is 0 Å². The maximum absolute atomic E-state index is 12.4. The van der Waals surface area contributed by atoms with Crippen LogP contribution in [0.5, 0.6) is 11.5 Å². The standard InChI is InChI=1S/C17H14N2O6S/c20-16-7-8-26(22,23)19(16)13-4-1-11(2-5-13)17(21)18-12-3-6-14-15(9-12)25-10-24-14/h1-6,9H,7-8,10H2,(H,18,21). The highest BCUT2D eigenvalue weighted by molar-refractivity contribution is 7.94. The van der Waals surface area contributed by atoms with Crippen molar-refractivity contribution in [2.75, 3.05) is 22.2 Å². The van der Waals surface area contributed by atoms with Gasteiger partial charge in [-0.25, -0.2) is 12.7 Å². The van der Waals surface area contributed by atoms with Gasteiger partial charge in [0.25, 0.3) is 5.91 Å². The third-order valence-electron chi connectivity index (χ3n) is 4.07. The zero-order valence-electron chi connectivity index (χ0n) is 13.5. The summed E-state index contributed by atoms with van der Waals surface area (Å²) in [7, 11) is -3.62. The predicted molar refractivity (Wildman–Crippen MR) is 92.9 cm³/mol. The number of carbonyl (C=O) groups excluding carboxylic acids is 2. The summed E-state index contributed by atoms with van der Waals surface area (Å²) in [6.45, 7) is 0.145.